The summed E-state index contributed by atoms with van der Waals surface area (Å²) in [6.07, 6.45) is 4.76. The average molecular weight is 355 g/mol. The van der Waals surface area contributed by atoms with E-state index in [1.165, 1.54) is 0 Å². The minimum Gasteiger partial charge on any atom is -0.451 e. The van der Waals surface area contributed by atoms with Gasteiger partial charge >= 0.3 is 0 Å². The zero-order valence-electron chi connectivity index (χ0n) is 15.0. The molecule has 1 aromatic heterocycles. The van der Waals surface area contributed by atoms with E-state index >= 15 is 0 Å². The topological polar surface area (TPSA) is 51.9 Å². The highest BCUT2D eigenvalue weighted by atomic mass is 16.5. The van der Waals surface area contributed by atoms with E-state index in [0.717, 1.165) is 36.8 Å². The summed E-state index contributed by atoms with van der Waals surface area (Å²) in [7, 11) is 0. The van der Waals surface area contributed by atoms with Gasteiger partial charge in [0.15, 0.2) is 5.76 Å². The lowest BCUT2D eigenvalue weighted by molar-refractivity contribution is -0.145. The van der Waals surface area contributed by atoms with Crippen molar-refractivity contribution in [2.24, 2.45) is 5.41 Å². The van der Waals surface area contributed by atoms with Crippen LogP contribution >= 0.6 is 0 Å². The summed E-state index contributed by atoms with van der Waals surface area (Å²) < 4.78 is 17.6. The molecule has 2 aliphatic rings. The highest BCUT2D eigenvalue weighted by Crippen LogP contribution is 2.41. The molecule has 26 heavy (non-hydrogen) atoms. The molecule has 2 atom stereocenters. The number of furan rings is 1. The van der Waals surface area contributed by atoms with E-state index in [1.807, 2.05) is 35.2 Å². The molecular formula is C21H25NO4. The van der Waals surface area contributed by atoms with Crippen LogP contribution < -0.4 is 0 Å². The third kappa shape index (κ3) is 3.17. The van der Waals surface area contributed by atoms with Crippen molar-refractivity contribution in [3.05, 3.63) is 48.7 Å². The first-order valence-corrected chi connectivity index (χ1v) is 9.30. The number of carbonyl (C=O) groups is 1. The molecule has 1 aromatic carbocycles. The highest BCUT2D eigenvalue weighted by Gasteiger charge is 2.47. The number of benzene rings is 1. The number of likely N-dealkylation sites (tertiary alicyclic amines) is 1. The smallest absolute Gasteiger partial charge is 0.289 e. The second-order valence-corrected chi connectivity index (χ2v) is 7.29. The molecule has 5 heteroatoms. The van der Waals surface area contributed by atoms with Crippen LogP contribution in [-0.4, -0.2) is 49.8 Å². The van der Waals surface area contributed by atoms with Crippen molar-refractivity contribution in [1.82, 2.24) is 4.90 Å². The van der Waals surface area contributed by atoms with Crippen LogP contribution in [0.1, 0.15) is 29.8 Å². The van der Waals surface area contributed by atoms with Gasteiger partial charge in [-0.3, -0.25) is 4.79 Å². The minimum absolute atomic E-state index is 0.0479. The van der Waals surface area contributed by atoms with Crippen molar-refractivity contribution in [3.63, 3.8) is 0 Å². The fraction of sp³-hybridized carbons (Fsp3) is 0.476. The second-order valence-electron chi connectivity index (χ2n) is 7.29. The highest BCUT2D eigenvalue weighted by molar-refractivity contribution is 5.96. The average Bonchev–Trinajstić information content (AvgIpc) is 3.11. The molecule has 1 amide bonds. The molecule has 0 N–H and O–H groups in total. The van der Waals surface area contributed by atoms with E-state index in [2.05, 4.69) is 6.58 Å². The fourth-order valence-electron chi connectivity index (χ4n) is 4.26. The number of ether oxygens (including phenoxy) is 2. The van der Waals surface area contributed by atoms with Crippen molar-refractivity contribution in [2.75, 3.05) is 32.9 Å². The summed E-state index contributed by atoms with van der Waals surface area (Å²) in [4.78, 5) is 15.0. The molecule has 0 radical (unpaired) electrons. The number of rotatable bonds is 5. The van der Waals surface area contributed by atoms with Crippen LogP contribution in [0.5, 0.6) is 0 Å². The lowest BCUT2D eigenvalue weighted by Crippen LogP contribution is -2.58. The van der Waals surface area contributed by atoms with Crippen LogP contribution in [0.2, 0.25) is 0 Å². The Morgan fingerprint density at radius 1 is 1.42 bits per heavy atom. The van der Waals surface area contributed by atoms with Gasteiger partial charge in [-0.1, -0.05) is 24.3 Å². The van der Waals surface area contributed by atoms with Gasteiger partial charge in [0, 0.05) is 30.5 Å². The van der Waals surface area contributed by atoms with E-state index < -0.39 is 0 Å². The molecule has 2 fully saturated rings. The zero-order chi connectivity index (χ0) is 18.0. The van der Waals surface area contributed by atoms with Crippen molar-refractivity contribution in [2.45, 2.75) is 25.4 Å². The van der Waals surface area contributed by atoms with Crippen molar-refractivity contribution < 1.29 is 18.7 Å². The Bertz CT molecular complexity index is 765. The monoisotopic (exact) mass is 355 g/mol. The van der Waals surface area contributed by atoms with Crippen LogP contribution in [-0.2, 0) is 9.47 Å². The Hall–Kier alpha value is -2.11. The first kappa shape index (κ1) is 17.3. The number of hydrogen-bond donors (Lipinski definition) is 0. The predicted molar refractivity (Wildman–Crippen MR) is 99.2 cm³/mol. The standard InChI is InChI=1S/C21H25NO4/c1-2-11-24-15-21-9-5-12-25-19(21)8-10-22(14-21)20(23)18-13-16-6-3-4-7-17(16)26-18/h2-4,6-7,13,19H,1,5,8-12,14-15H2. The van der Waals surface area contributed by atoms with Crippen molar-refractivity contribution in [1.29, 1.82) is 0 Å². The number of hydrogen-bond acceptors (Lipinski definition) is 4. The molecule has 138 valence electrons. The van der Waals surface area contributed by atoms with Crippen LogP contribution in [0.4, 0.5) is 0 Å². The van der Waals surface area contributed by atoms with Gasteiger partial charge in [0.1, 0.15) is 5.58 Å². The Labute approximate surface area is 153 Å². The maximum absolute atomic E-state index is 13.1. The molecule has 0 spiro atoms. The number of amides is 1. The predicted octanol–water partition coefficient (Wildman–Crippen LogP) is 3.65. The van der Waals surface area contributed by atoms with Gasteiger partial charge in [0.05, 0.1) is 19.3 Å². The van der Waals surface area contributed by atoms with Crippen LogP contribution in [0.15, 0.2) is 47.4 Å². The molecule has 5 nitrogen and oxygen atoms in total. The second kappa shape index (κ2) is 7.25. The molecule has 2 unspecified atom stereocenters. The molecular weight excluding hydrogens is 330 g/mol. The van der Waals surface area contributed by atoms with E-state index in [0.29, 0.717) is 32.1 Å². The zero-order valence-corrected chi connectivity index (χ0v) is 15.0. The molecule has 2 saturated heterocycles. The summed E-state index contributed by atoms with van der Waals surface area (Å²) in [5.41, 5.74) is 0.608. The summed E-state index contributed by atoms with van der Waals surface area (Å²) in [6.45, 7) is 6.95. The number of piperidine rings is 1. The third-order valence-corrected chi connectivity index (χ3v) is 5.54. The normalized spacial score (nSPS) is 25.8. The first-order valence-electron chi connectivity index (χ1n) is 9.30. The third-order valence-electron chi connectivity index (χ3n) is 5.54. The Morgan fingerprint density at radius 3 is 3.15 bits per heavy atom. The maximum atomic E-state index is 13.1. The van der Waals surface area contributed by atoms with E-state index in [9.17, 15) is 4.79 Å². The first-order chi connectivity index (χ1) is 12.7. The lowest BCUT2D eigenvalue weighted by atomic mass is 9.73. The number of fused-ring (bicyclic) bond motifs is 2. The van der Waals surface area contributed by atoms with Gasteiger partial charge in [-0.15, -0.1) is 6.58 Å². The Balaban J connectivity index is 1.54. The van der Waals surface area contributed by atoms with E-state index in [1.54, 1.807) is 6.08 Å². The fourth-order valence-corrected chi connectivity index (χ4v) is 4.26. The molecule has 0 aliphatic carbocycles. The van der Waals surface area contributed by atoms with E-state index in [4.69, 9.17) is 13.9 Å². The lowest BCUT2D eigenvalue weighted by Gasteiger charge is -2.50. The minimum atomic E-state index is -0.138. The summed E-state index contributed by atoms with van der Waals surface area (Å²) >= 11 is 0. The molecule has 2 aromatic rings. The van der Waals surface area contributed by atoms with Crippen LogP contribution in [0, 0.1) is 5.41 Å². The van der Waals surface area contributed by atoms with Gasteiger partial charge in [0.25, 0.3) is 5.91 Å². The quantitative estimate of drug-likeness (QED) is 0.607. The Morgan fingerprint density at radius 2 is 2.31 bits per heavy atom. The largest absolute Gasteiger partial charge is 0.451 e. The summed E-state index contributed by atoms with van der Waals surface area (Å²) in [5, 5.41) is 0.954. The summed E-state index contributed by atoms with van der Waals surface area (Å²) in [5.74, 6) is 0.358. The van der Waals surface area contributed by atoms with Gasteiger partial charge in [-0.25, -0.2) is 0 Å². The van der Waals surface area contributed by atoms with Crippen molar-refractivity contribution in [3.8, 4) is 0 Å². The van der Waals surface area contributed by atoms with Gasteiger partial charge in [0.2, 0.25) is 0 Å². The van der Waals surface area contributed by atoms with Crippen LogP contribution in [0.25, 0.3) is 11.0 Å². The molecule has 2 aliphatic heterocycles. The summed E-state index contributed by atoms with van der Waals surface area (Å²) in [6, 6.07) is 9.54. The number of carbonyl (C=O) groups excluding carboxylic acids is 1. The number of nitrogens with zero attached hydrogens (tertiary/aromatic N) is 1. The van der Waals surface area contributed by atoms with Gasteiger partial charge in [-0.05, 0) is 31.4 Å². The van der Waals surface area contributed by atoms with Gasteiger partial charge in [-0.2, -0.15) is 0 Å². The molecule has 3 heterocycles. The molecule has 0 saturated carbocycles. The molecule has 0 bridgehead atoms. The SMILES string of the molecule is C=CCOCC12CCCOC1CCN(C(=O)c1cc3ccccc3o1)C2. The van der Waals surface area contributed by atoms with Crippen molar-refractivity contribution >= 4 is 16.9 Å². The Kier molecular flexibility index (Phi) is 4.83. The maximum Gasteiger partial charge on any atom is 0.289 e. The van der Waals surface area contributed by atoms with Crippen LogP contribution in [0.3, 0.4) is 0 Å². The number of para-hydroxylation sites is 1. The van der Waals surface area contributed by atoms with Gasteiger partial charge < -0.3 is 18.8 Å². The van der Waals surface area contributed by atoms with E-state index in [-0.39, 0.29) is 17.4 Å². The molecule has 4 rings (SSSR count).